The van der Waals surface area contributed by atoms with Gasteiger partial charge < -0.3 is 0 Å². The van der Waals surface area contributed by atoms with Crippen molar-refractivity contribution in [2.75, 3.05) is 0 Å². The van der Waals surface area contributed by atoms with Crippen LogP contribution in [-0.2, 0) is 13.2 Å². The molecule has 0 fully saturated rings. The Labute approximate surface area is 110 Å². The van der Waals surface area contributed by atoms with Crippen LogP contribution in [0.5, 0.6) is 0 Å². The largest absolute Gasteiger partial charge is 0.433 e. The molecule has 2 rings (SSSR count). The minimum atomic E-state index is -4.55. The summed E-state index contributed by atoms with van der Waals surface area (Å²) in [4.78, 5) is 7.33. The molecule has 0 aliphatic carbocycles. The van der Waals surface area contributed by atoms with Crippen LogP contribution >= 0.6 is 11.8 Å². The highest BCUT2D eigenvalue weighted by molar-refractivity contribution is 7.99. The molecule has 0 aromatic carbocycles. The average Bonchev–Trinajstić information content (AvgIpc) is 2.74. The van der Waals surface area contributed by atoms with Crippen LogP contribution in [0, 0.1) is 11.3 Å². The van der Waals surface area contributed by atoms with Gasteiger partial charge in [0.05, 0.1) is 5.56 Å². The van der Waals surface area contributed by atoms with Crippen molar-refractivity contribution >= 4 is 11.8 Å². The fourth-order valence-corrected chi connectivity index (χ4v) is 2.05. The zero-order chi connectivity index (χ0) is 14.0. The Kier molecular flexibility index (Phi) is 3.44. The maximum absolute atomic E-state index is 12.6. The first-order valence-electron chi connectivity index (χ1n) is 4.92. The zero-order valence-electron chi connectivity index (χ0n) is 9.51. The van der Waals surface area contributed by atoms with E-state index in [1.54, 1.807) is 13.1 Å². The molecule has 0 saturated heterocycles. The number of rotatable bonds is 2. The molecule has 0 unspecified atom stereocenters. The van der Waals surface area contributed by atoms with E-state index in [9.17, 15) is 13.2 Å². The predicted molar refractivity (Wildman–Crippen MR) is 59.1 cm³/mol. The van der Waals surface area contributed by atoms with E-state index in [0.717, 1.165) is 23.9 Å². The lowest BCUT2D eigenvalue weighted by Gasteiger charge is -2.08. The van der Waals surface area contributed by atoms with E-state index < -0.39 is 11.9 Å². The molecule has 5 nitrogen and oxygen atoms in total. The number of hydrogen-bond acceptors (Lipinski definition) is 5. The maximum Gasteiger partial charge on any atom is 0.433 e. The lowest BCUT2D eigenvalue weighted by molar-refractivity contribution is -0.141. The number of pyridine rings is 1. The molecule has 2 aromatic heterocycles. The van der Waals surface area contributed by atoms with Crippen LogP contribution in [0.4, 0.5) is 13.2 Å². The number of nitrogens with zero attached hydrogens (tertiary/aromatic N) is 5. The van der Waals surface area contributed by atoms with E-state index in [1.807, 2.05) is 0 Å². The third-order valence-electron chi connectivity index (χ3n) is 2.13. The summed E-state index contributed by atoms with van der Waals surface area (Å²) < 4.78 is 39.1. The molecule has 0 aliphatic rings. The Bertz CT molecular complexity index is 643. The van der Waals surface area contributed by atoms with Gasteiger partial charge in [-0.15, -0.1) is 0 Å². The predicted octanol–water partition coefficient (Wildman–Crippen LogP) is 2.25. The topological polar surface area (TPSA) is 67.4 Å². The number of hydrogen-bond donors (Lipinski definition) is 0. The molecule has 98 valence electrons. The Morgan fingerprint density at radius 1 is 1.37 bits per heavy atom. The van der Waals surface area contributed by atoms with Gasteiger partial charge in [0, 0.05) is 7.05 Å². The maximum atomic E-state index is 12.6. The first kappa shape index (κ1) is 13.4. The summed E-state index contributed by atoms with van der Waals surface area (Å²) in [5.74, 6) is 0. The first-order valence-corrected chi connectivity index (χ1v) is 5.73. The Balaban J connectivity index is 2.43. The van der Waals surface area contributed by atoms with E-state index in [4.69, 9.17) is 5.26 Å². The molecule has 0 atom stereocenters. The highest BCUT2D eigenvalue weighted by Crippen LogP contribution is 2.32. The highest BCUT2D eigenvalue weighted by Gasteiger charge is 2.33. The van der Waals surface area contributed by atoms with Gasteiger partial charge in [0.2, 0.25) is 0 Å². The van der Waals surface area contributed by atoms with E-state index >= 15 is 0 Å². The van der Waals surface area contributed by atoms with Gasteiger partial charge in [-0.3, -0.25) is 0 Å². The lowest BCUT2D eigenvalue weighted by Crippen LogP contribution is -2.09. The van der Waals surface area contributed by atoms with Crippen molar-refractivity contribution in [2.45, 2.75) is 16.4 Å². The van der Waals surface area contributed by atoms with Crippen LogP contribution in [0.3, 0.4) is 0 Å². The monoisotopic (exact) mass is 285 g/mol. The number of halogens is 3. The van der Waals surface area contributed by atoms with Crippen LogP contribution in [0.1, 0.15) is 11.3 Å². The number of alkyl halides is 3. The zero-order valence-corrected chi connectivity index (χ0v) is 10.3. The van der Waals surface area contributed by atoms with Crippen molar-refractivity contribution in [1.29, 1.82) is 5.26 Å². The molecule has 2 heterocycles. The standard InChI is InChI=1S/C10H6F3N5S/c1-18-9(15-5-16-18)19-8-6(4-14)2-3-7(17-8)10(11,12)13/h2-3,5H,1H3. The van der Waals surface area contributed by atoms with Crippen molar-refractivity contribution in [3.63, 3.8) is 0 Å². The summed E-state index contributed by atoms with van der Waals surface area (Å²) in [5, 5.41) is 13.0. The third kappa shape index (κ3) is 2.85. The van der Waals surface area contributed by atoms with Gasteiger partial charge in [-0.05, 0) is 23.9 Å². The van der Waals surface area contributed by atoms with Gasteiger partial charge >= 0.3 is 6.18 Å². The molecule has 0 spiro atoms. The average molecular weight is 285 g/mol. The van der Waals surface area contributed by atoms with Crippen molar-refractivity contribution in [3.05, 3.63) is 29.7 Å². The van der Waals surface area contributed by atoms with Gasteiger partial charge in [-0.2, -0.15) is 23.5 Å². The molecule has 0 aliphatic heterocycles. The highest BCUT2D eigenvalue weighted by atomic mass is 32.2. The van der Waals surface area contributed by atoms with Crippen molar-refractivity contribution in [2.24, 2.45) is 7.05 Å². The first-order chi connectivity index (χ1) is 8.91. The molecule has 0 saturated carbocycles. The summed E-state index contributed by atoms with van der Waals surface area (Å²) in [6.45, 7) is 0. The minimum Gasteiger partial charge on any atom is -0.244 e. The van der Waals surface area contributed by atoms with Crippen molar-refractivity contribution < 1.29 is 13.2 Å². The van der Waals surface area contributed by atoms with Crippen LogP contribution in [0.2, 0.25) is 0 Å². The molecular weight excluding hydrogens is 279 g/mol. The van der Waals surface area contributed by atoms with Crippen LogP contribution in [-0.4, -0.2) is 19.7 Å². The van der Waals surface area contributed by atoms with E-state index in [-0.39, 0.29) is 10.6 Å². The fourth-order valence-electron chi connectivity index (χ4n) is 1.23. The molecule has 0 bridgehead atoms. The Morgan fingerprint density at radius 3 is 2.63 bits per heavy atom. The third-order valence-corrected chi connectivity index (χ3v) is 3.19. The molecule has 2 aromatic rings. The summed E-state index contributed by atoms with van der Waals surface area (Å²) in [6, 6.07) is 3.67. The minimum absolute atomic E-state index is 0.0478. The summed E-state index contributed by atoms with van der Waals surface area (Å²) in [5.41, 5.74) is -0.989. The quantitative estimate of drug-likeness (QED) is 0.846. The summed E-state index contributed by atoms with van der Waals surface area (Å²) in [7, 11) is 1.59. The SMILES string of the molecule is Cn1ncnc1Sc1nc(C(F)(F)F)ccc1C#N. The fraction of sp³-hybridized carbons (Fsp3) is 0.200. The van der Waals surface area contributed by atoms with E-state index in [0.29, 0.717) is 5.16 Å². The van der Waals surface area contributed by atoms with Crippen LogP contribution < -0.4 is 0 Å². The van der Waals surface area contributed by atoms with Gasteiger partial charge in [0.15, 0.2) is 5.16 Å². The lowest BCUT2D eigenvalue weighted by atomic mass is 10.2. The summed E-state index contributed by atoms with van der Waals surface area (Å²) in [6.07, 6.45) is -3.29. The van der Waals surface area contributed by atoms with Crippen molar-refractivity contribution in [1.82, 2.24) is 19.7 Å². The molecule has 19 heavy (non-hydrogen) atoms. The summed E-state index contributed by atoms with van der Waals surface area (Å²) >= 11 is 0.858. The van der Waals surface area contributed by atoms with Crippen molar-refractivity contribution in [3.8, 4) is 6.07 Å². The molecule has 0 N–H and O–H groups in total. The number of aromatic nitrogens is 4. The van der Waals surface area contributed by atoms with Crippen LogP contribution in [0.15, 0.2) is 28.6 Å². The molecule has 0 amide bonds. The second-order valence-corrected chi connectivity index (χ2v) is 4.38. The van der Waals surface area contributed by atoms with Gasteiger partial charge in [-0.1, -0.05) is 0 Å². The van der Waals surface area contributed by atoms with E-state index in [2.05, 4.69) is 15.1 Å². The van der Waals surface area contributed by atoms with Crippen LogP contribution in [0.25, 0.3) is 0 Å². The number of aryl methyl sites for hydroxylation is 1. The molecular formula is C10H6F3N5S. The smallest absolute Gasteiger partial charge is 0.244 e. The normalized spacial score (nSPS) is 11.3. The second kappa shape index (κ2) is 4.89. The Morgan fingerprint density at radius 2 is 2.11 bits per heavy atom. The van der Waals surface area contributed by atoms with Gasteiger partial charge in [0.1, 0.15) is 23.1 Å². The second-order valence-electron chi connectivity index (χ2n) is 3.43. The van der Waals surface area contributed by atoms with E-state index in [1.165, 1.54) is 11.0 Å². The van der Waals surface area contributed by atoms with Gasteiger partial charge in [0.25, 0.3) is 0 Å². The number of nitriles is 1. The van der Waals surface area contributed by atoms with Gasteiger partial charge in [-0.25, -0.2) is 14.6 Å². The molecule has 9 heteroatoms. The Hall–Kier alpha value is -2.08. The molecule has 0 radical (unpaired) electrons.